The van der Waals surface area contributed by atoms with Crippen LogP contribution >= 0.6 is 35.3 Å². The zero-order valence-corrected chi connectivity index (χ0v) is 19.8. The van der Waals surface area contributed by atoms with Crippen molar-refractivity contribution in [3.05, 3.63) is 52.9 Å². The van der Waals surface area contributed by atoms with E-state index >= 15 is 0 Å². The van der Waals surface area contributed by atoms with E-state index < -0.39 is 10.0 Å². The third-order valence-corrected chi connectivity index (χ3v) is 6.74. The second kappa shape index (κ2) is 11.6. The van der Waals surface area contributed by atoms with Gasteiger partial charge in [0.25, 0.3) is 0 Å². The van der Waals surface area contributed by atoms with Crippen LogP contribution in [0.15, 0.2) is 51.0 Å². The van der Waals surface area contributed by atoms with Crippen LogP contribution in [0.5, 0.6) is 0 Å². The molecule has 1 aromatic carbocycles. The summed E-state index contributed by atoms with van der Waals surface area (Å²) in [6, 6.07) is 11.8. The van der Waals surface area contributed by atoms with Crippen LogP contribution in [0, 0.1) is 0 Å². The van der Waals surface area contributed by atoms with Crippen molar-refractivity contribution in [1.82, 2.24) is 14.9 Å². The molecule has 0 radical (unpaired) electrons. The normalized spacial score (nSPS) is 11.7. The SMILES string of the molecule is CCc1ccc(CN(C)C(=NC)NCCNS(=O)(=O)c2cccs2)cc1.I. The predicted molar refractivity (Wildman–Crippen MR) is 124 cm³/mol. The van der Waals surface area contributed by atoms with Crippen molar-refractivity contribution in [2.24, 2.45) is 4.99 Å². The molecule has 0 saturated heterocycles. The lowest BCUT2D eigenvalue weighted by Crippen LogP contribution is -2.42. The zero-order valence-electron chi connectivity index (χ0n) is 15.8. The summed E-state index contributed by atoms with van der Waals surface area (Å²) in [4.78, 5) is 6.27. The second-order valence-corrected chi connectivity index (χ2v) is 8.77. The number of guanidine groups is 1. The first-order valence-corrected chi connectivity index (χ1v) is 10.9. The molecule has 0 bridgehead atoms. The Balaban J connectivity index is 0.00000364. The first-order valence-electron chi connectivity index (χ1n) is 8.49. The molecule has 0 aliphatic heterocycles. The number of rotatable bonds is 8. The van der Waals surface area contributed by atoms with E-state index in [1.807, 2.05) is 11.9 Å². The third kappa shape index (κ3) is 7.40. The number of hydrogen-bond donors (Lipinski definition) is 2. The molecule has 6 nitrogen and oxygen atoms in total. The molecule has 1 heterocycles. The number of sulfonamides is 1. The van der Waals surface area contributed by atoms with Gasteiger partial charge >= 0.3 is 0 Å². The number of nitrogens with one attached hydrogen (secondary N) is 2. The molecule has 2 aromatic rings. The van der Waals surface area contributed by atoms with Gasteiger partial charge in [-0.3, -0.25) is 4.99 Å². The molecule has 9 heteroatoms. The van der Waals surface area contributed by atoms with Crippen molar-refractivity contribution < 1.29 is 8.42 Å². The maximum absolute atomic E-state index is 12.1. The van der Waals surface area contributed by atoms with Crippen molar-refractivity contribution in [2.45, 2.75) is 24.1 Å². The van der Waals surface area contributed by atoms with E-state index in [1.54, 1.807) is 24.6 Å². The minimum Gasteiger partial charge on any atom is -0.355 e. The highest BCUT2D eigenvalue weighted by Crippen LogP contribution is 2.14. The molecule has 2 N–H and O–H groups in total. The second-order valence-electron chi connectivity index (χ2n) is 5.83. The lowest BCUT2D eigenvalue weighted by Gasteiger charge is -2.22. The van der Waals surface area contributed by atoms with Gasteiger partial charge in [-0.25, -0.2) is 13.1 Å². The van der Waals surface area contributed by atoms with E-state index in [0.29, 0.717) is 10.8 Å². The molecule has 0 spiro atoms. The summed E-state index contributed by atoms with van der Waals surface area (Å²) in [7, 11) is 0.252. The smallest absolute Gasteiger partial charge is 0.250 e. The lowest BCUT2D eigenvalue weighted by atomic mass is 10.1. The molecule has 0 aliphatic carbocycles. The van der Waals surface area contributed by atoms with Crippen LogP contribution in [0.4, 0.5) is 0 Å². The summed E-state index contributed by atoms with van der Waals surface area (Å²) in [5.41, 5.74) is 2.52. The Labute approximate surface area is 183 Å². The van der Waals surface area contributed by atoms with Crippen LogP contribution < -0.4 is 10.0 Å². The Kier molecular flexibility index (Phi) is 10.3. The van der Waals surface area contributed by atoms with Crippen molar-refractivity contribution in [3.8, 4) is 0 Å². The first kappa shape index (κ1) is 23.9. The monoisotopic (exact) mass is 522 g/mol. The van der Waals surface area contributed by atoms with E-state index in [2.05, 4.69) is 46.2 Å². The quantitative estimate of drug-likeness (QED) is 0.242. The van der Waals surface area contributed by atoms with Crippen LogP contribution in [0.3, 0.4) is 0 Å². The van der Waals surface area contributed by atoms with Crippen LogP contribution in [0.2, 0.25) is 0 Å². The van der Waals surface area contributed by atoms with Gasteiger partial charge < -0.3 is 10.2 Å². The molecule has 0 unspecified atom stereocenters. The molecule has 0 fully saturated rings. The zero-order chi connectivity index (χ0) is 19.0. The van der Waals surface area contributed by atoms with Gasteiger partial charge in [-0.2, -0.15) is 0 Å². The van der Waals surface area contributed by atoms with E-state index in [0.717, 1.165) is 18.9 Å². The minimum atomic E-state index is -3.42. The Morgan fingerprint density at radius 1 is 1.15 bits per heavy atom. The molecule has 0 amide bonds. The molecule has 1 aromatic heterocycles. The molecule has 150 valence electrons. The van der Waals surface area contributed by atoms with E-state index in [9.17, 15) is 8.42 Å². The third-order valence-electron chi connectivity index (χ3n) is 3.88. The molecule has 0 aliphatic rings. The van der Waals surface area contributed by atoms with E-state index in [1.165, 1.54) is 22.5 Å². The number of aliphatic imine (C=N–C) groups is 1. The summed E-state index contributed by atoms with van der Waals surface area (Å²) < 4.78 is 27.0. The van der Waals surface area contributed by atoms with Crippen molar-refractivity contribution in [3.63, 3.8) is 0 Å². The summed E-state index contributed by atoms with van der Waals surface area (Å²) >= 11 is 1.20. The molecular weight excluding hydrogens is 495 g/mol. The van der Waals surface area contributed by atoms with Gasteiger partial charge in [0.15, 0.2) is 5.96 Å². The molecule has 0 saturated carbocycles. The fourth-order valence-electron chi connectivity index (χ4n) is 2.46. The summed E-state index contributed by atoms with van der Waals surface area (Å²) in [6.07, 6.45) is 1.03. The molecule has 27 heavy (non-hydrogen) atoms. The van der Waals surface area contributed by atoms with Crippen molar-refractivity contribution in [1.29, 1.82) is 0 Å². The van der Waals surface area contributed by atoms with Crippen LogP contribution in [0.1, 0.15) is 18.1 Å². The van der Waals surface area contributed by atoms with E-state index in [4.69, 9.17) is 0 Å². The van der Waals surface area contributed by atoms with Crippen LogP contribution in [0.25, 0.3) is 0 Å². The van der Waals surface area contributed by atoms with Gasteiger partial charge in [0, 0.05) is 33.7 Å². The summed E-state index contributed by atoms with van der Waals surface area (Å²) in [5.74, 6) is 0.722. The Morgan fingerprint density at radius 3 is 2.37 bits per heavy atom. The number of nitrogens with zero attached hydrogens (tertiary/aromatic N) is 2. The van der Waals surface area contributed by atoms with Gasteiger partial charge in [0.05, 0.1) is 0 Å². The van der Waals surface area contributed by atoms with Crippen LogP contribution in [-0.2, 0) is 23.0 Å². The van der Waals surface area contributed by atoms with Crippen LogP contribution in [-0.4, -0.2) is 46.5 Å². The average molecular weight is 522 g/mol. The lowest BCUT2D eigenvalue weighted by molar-refractivity contribution is 0.477. The van der Waals surface area contributed by atoms with Gasteiger partial charge in [-0.1, -0.05) is 37.3 Å². The number of benzene rings is 1. The fraction of sp³-hybridized carbons (Fsp3) is 0.389. The Bertz CT molecular complexity index is 806. The molecular formula is C18H27IN4O2S2. The highest BCUT2D eigenvalue weighted by Gasteiger charge is 2.14. The van der Waals surface area contributed by atoms with Gasteiger partial charge in [0.2, 0.25) is 10.0 Å². The highest BCUT2D eigenvalue weighted by atomic mass is 127. The number of hydrogen-bond acceptors (Lipinski definition) is 4. The predicted octanol–water partition coefficient (Wildman–Crippen LogP) is 2.91. The van der Waals surface area contributed by atoms with Gasteiger partial charge in [0.1, 0.15) is 4.21 Å². The summed E-state index contributed by atoms with van der Waals surface area (Å²) in [5, 5.41) is 4.93. The Hall–Kier alpha value is -1.17. The maximum atomic E-state index is 12.1. The number of thiophene rings is 1. The standard InChI is InChI=1S/C18H26N4O2S2.HI/c1-4-15-7-9-16(10-8-15)14-22(3)18(19-2)20-11-12-21-26(23,24)17-6-5-13-25-17;/h5-10,13,21H,4,11-12,14H2,1-3H3,(H,19,20);1H. The average Bonchev–Trinajstić information content (AvgIpc) is 3.18. The maximum Gasteiger partial charge on any atom is 0.250 e. The van der Waals surface area contributed by atoms with Gasteiger partial charge in [-0.05, 0) is 29.0 Å². The van der Waals surface area contributed by atoms with Crippen molar-refractivity contribution >= 4 is 51.3 Å². The summed E-state index contributed by atoms with van der Waals surface area (Å²) in [6.45, 7) is 3.61. The topological polar surface area (TPSA) is 73.8 Å². The van der Waals surface area contributed by atoms with E-state index in [-0.39, 0.29) is 30.5 Å². The minimum absolute atomic E-state index is 0. The van der Waals surface area contributed by atoms with Gasteiger partial charge in [-0.15, -0.1) is 35.3 Å². The van der Waals surface area contributed by atoms with Crippen molar-refractivity contribution in [2.75, 3.05) is 27.2 Å². The fourth-order valence-corrected chi connectivity index (χ4v) is 4.53. The first-order chi connectivity index (χ1) is 12.5. The molecule has 2 rings (SSSR count). The molecule has 0 atom stereocenters. The largest absolute Gasteiger partial charge is 0.355 e. The number of halogens is 1. The highest BCUT2D eigenvalue weighted by molar-refractivity contribution is 14.0. The number of aryl methyl sites for hydroxylation is 1. The Morgan fingerprint density at radius 2 is 1.81 bits per heavy atom.